The Balaban J connectivity index is 2.22. The SMILES string of the molecule is CCC(N)CN1CCC(N(C)C)CC1. The average molecular weight is 199 g/mol. The minimum Gasteiger partial charge on any atom is -0.327 e. The molecule has 3 nitrogen and oxygen atoms in total. The first-order chi connectivity index (χ1) is 6.63. The van der Waals surface area contributed by atoms with Crippen LogP contribution in [-0.2, 0) is 0 Å². The van der Waals surface area contributed by atoms with Crippen LogP contribution in [0.25, 0.3) is 0 Å². The van der Waals surface area contributed by atoms with Crippen LogP contribution in [0.3, 0.4) is 0 Å². The lowest BCUT2D eigenvalue weighted by atomic mass is 10.0. The second-order valence-electron chi connectivity index (χ2n) is 4.66. The van der Waals surface area contributed by atoms with E-state index in [1.165, 1.54) is 25.9 Å². The zero-order valence-electron chi connectivity index (χ0n) is 9.87. The van der Waals surface area contributed by atoms with E-state index in [-0.39, 0.29) is 0 Å². The van der Waals surface area contributed by atoms with E-state index < -0.39 is 0 Å². The van der Waals surface area contributed by atoms with Gasteiger partial charge in [-0.05, 0) is 46.4 Å². The Morgan fingerprint density at radius 1 is 1.36 bits per heavy atom. The van der Waals surface area contributed by atoms with Crippen LogP contribution >= 0.6 is 0 Å². The lowest BCUT2D eigenvalue weighted by Gasteiger charge is -2.36. The Labute approximate surface area is 88.2 Å². The van der Waals surface area contributed by atoms with Gasteiger partial charge < -0.3 is 15.5 Å². The maximum Gasteiger partial charge on any atom is 0.0165 e. The van der Waals surface area contributed by atoms with Crippen LogP contribution in [0.1, 0.15) is 26.2 Å². The van der Waals surface area contributed by atoms with Gasteiger partial charge in [0.15, 0.2) is 0 Å². The van der Waals surface area contributed by atoms with Gasteiger partial charge in [0.1, 0.15) is 0 Å². The van der Waals surface area contributed by atoms with E-state index in [9.17, 15) is 0 Å². The van der Waals surface area contributed by atoms with Gasteiger partial charge in [0.05, 0.1) is 0 Å². The van der Waals surface area contributed by atoms with Gasteiger partial charge >= 0.3 is 0 Å². The lowest BCUT2D eigenvalue weighted by molar-refractivity contribution is 0.139. The van der Waals surface area contributed by atoms with Crippen molar-refractivity contribution in [3.05, 3.63) is 0 Å². The summed E-state index contributed by atoms with van der Waals surface area (Å²) in [5.41, 5.74) is 5.95. The molecule has 1 rings (SSSR count). The molecular weight excluding hydrogens is 174 g/mol. The third-order valence-corrected chi connectivity index (χ3v) is 3.30. The first-order valence-electron chi connectivity index (χ1n) is 5.77. The van der Waals surface area contributed by atoms with Gasteiger partial charge in [-0.25, -0.2) is 0 Å². The molecule has 84 valence electrons. The molecule has 0 aromatic rings. The molecule has 0 aromatic heterocycles. The fraction of sp³-hybridized carbons (Fsp3) is 1.00. The fourth-order valence-corrected chi connectivity index (χ4v) is 2.08. The molecule has 0 aromatic carbocycles. The van der Waals surface area contributed by atoms with Crippen molar-refractivity contribution in [3.8, 4) is 0 Å². The summed E-state index contributed by atoms with van der Waals surface area (Å²) in [6.07, 6.45) is 3.68. The maximum atomic E-state index is 5.95. The number of rotatable bonds is 4. The summed E-state index contributed by atoms with van der Waals surface area (Å²) in [6, 6.07) is 1.15. The summed E-state index contributed by atoms with van der Waals surface area (Å²) in [6.45, 7) is 5.68. The van der Waals surface area contributed by atoms with E-state index in [1.54, 1.807) is 0 Å². The largest absolute Gasteiger partial charge is 0.327 e. The van der Waals surface area contributed by atoms with Gasteiger partial charge in [0.2, 0.25) is 0 Å². The number of hydrogen-bond acceptors (Lipinski definition) is 3. The second kappa shape index (κ2) is 5.69. The monoisotopic (exact) mass is 199 g/mol. The summed E-state index contributed by atoms with van der Waals surface area (Å²) in [5.74, 6) is 0. The first kappa shape index (κ1) is 12.0. The first-order valence-corrected chi connectivity index (χ1v) is 5.77. The standard InChI is InChI=1S/C11H25N3/c1-4-10(12)9-14-7-5-11(6-8-14)13(2)3/h10-11H,4-9,12H2,1-3H3. The van der Waals surface area contributed by atoms with Crippen molar-refractivity contribution in [3.63, 3.8) is 0 Å². The molecule has 1 saturated heterocycles. The van der Waals surface area contributed by atoms with Gasteiger partial charge in [-0.3, -0.25) is 0 Å². The molecule has 1 heterocycles. The lowest BCUT2D eigenvalue weighted by Crippen LogP contribution is -2.45. The van der Waals surface area contributed by atoms with Gasteiger partial charge in [0, 0.05) is 18.6 Å². The summed E-state index contributed by atoms with van der Waals surface area (Å²) in [5, 5.41) is 0. The van der Waals surface area contributed by atoms with Gasteiger partial charge in [-0.2, -0.15) is 0 Å². The fourth-order valence-electron chi connectivity index (χ4n) is 2.08. The summed E-state index contributed by atoms with van der Waals surface area (Å²) in [7, 11) is 4.36. The molecule has 1 aliphatic heterocycles. The van der Waals surface area contributed by atoms with E-state index in [0.29, 0.717) is 6.04 Å². The molecule has 0 radical (unpaired) electrons. The predicted molar refractivity (Wildman–Crippen MR) is 61.4 cm³/mol. The normalized spacial score (nSPS) is 22.9. The minimum absolute atomic E-state index is 0.367. The van der Waals surface area contributed by atoms with E-state index in [0.717, 1.165) is 19.0 Å². The van der Waals surface area contributed by atoms with Crippen LogP contribution in [0.15, 0.2) is 0 Å². The van der Waals surface area contributed by atoms with Crippen molar-refractivity contribution in [1.82, 2.24) is 9.80 Å². The molecule has 0 spiro atoms. The van der Waals surface area contributed by atoms with E-state index in [2.05, 4.69) is 30.8 Å². The summed E-state index contributed by atoms with van der Waals surface area (Å²) < 4.78 is 0. The van der Waals surface area contributed by atoms with Gasteiger partial charge in [-0.1, -0.05) is 6.92 Å². The van der Waals surface area contributed by atoms with E-state index in [4.69, 9.17) is 5.73 Å². The highest BCUT2D eigenvalue weighted by molar-refractivity contribution is 4.78. The molecular formula is C11H25N3. The Hall–Kier alpha value is -0.120. The minimum atomic E-state index is 0.367. The van der Waals surface area contributed by atoms with Crippen molar-refractivity contribution >= 4 is 0 Å². The highest BCUT2D eigenvalue weighted by atomic mass is 15.2. The molecule has 0 bridgehead atoms. The van der Waals surface area contributed by atoms with Crippen molar-refractivity contribution in [1.29, 1.82) is 0 Å². The molecule has 14 heavy (non-hydrogen) atoms. The highest BCUT2D eigenvalue weighted by Crippen LogP contribution is 2.14. The molecule has 0 amide bonds. The topological polar surface area (TPSA) is 32.5 Å². The van der Waals surface area contributed by atoms with Crippen molar-refractivity contribution in [2.24, 2.45) is 5.73 Å². The zero-order chi connectivity index (χ0) is 10.6. The molecule has 0 saturated carbocycles. The Morgan fingerprint density at radius 3 is 2.36 bits per heavy atom. The number of piperidine rings is 1. The van der Waals surface area contributed by atoms with Gasteiger partial charge in [0.25, 0.3) is 0 Å². The summed E-state index contributed by atoms with van der Waals surface area (Å²) >= 11 is 0. The highest BCUT2D eigenvalue weighted by Gasteiger charge is 2.20. The third-order valence-electron chi connectivity index (χ3n) is 3.30. The van der Waals surface area contributed by atoms with Gasteiger partial charge in [-0.15, -0.1) is 0 Å². The molecule has 2 N–H and O–H groups in total. The number of nitrogens with two attached hydrogens (primary N) is 1. The average Bonchev–Trinajstić information content (AvgIpc) is 2.18. The third kappa shape index (κ3) is 3.56. The molecule has 1 fully saturated rings. The summed E-state index contributed by atoms with van der Waals surface area (Å²) in [4.78, 5) is 4.85. The van der Waals surface area contributed by atoms with Crippen molar-refractivity contribution < 1.29 is 0 Å². The quantitative estimate of drug-likeness (QED) is 0.725. The Bertz CT molecular complexity index is 151. The Kier molecular flexibility index (Phi) is 4.85. The van der Waals surface area contributed by atoms with Crippen LogP contribution in [0, 0.1) is 0 Å². The molecule has 1 atom stereocenters. The van der Waals surface area contributed by atoms with Crippen LogP contribution < -0.4 is 5.73 Å². The zero-order valence-corrected chi connectivity index (χ0v) is 9.87. The van der Waals surface area contributed by atoms with Crippen LogP contribution in [0.5, 0.6) is 0 Å². The maximum absolute atomic E-state index is 5.95. The van der Waals surface area contributed by atoms with Crippen molar-refractivity contribution in [2.45, 2.75) is 38.3 Å². The number of nitrogens with zero attached hydrogens (tertiary/aromatic N) is 2. The van der Waals surface area contributed by atoms with E-state index >= 15 is 0 Å². The molecule has 1 aliphatic rings. The predicted octanol–water partition coefficient (Wildman–Crippen LogP) is 0.750. The molecule has 1 unspecified atom stereocenters. The van der Waals surface area contributed by atoms with Crippen LogP contribution in [0.4, 0.5) is 0 Å². The number of hydrogen-bond donors (Lipinski definition) is 1. The van der Waals surface area contributed by atoms with Crippen molar-refractivity contribution in [2.75, 3.05) is 33.7 Å². The van der Waals surface area contributed by atoms with Crippen LogP contribution in [-0.4, -0.2) is 55.6 Å². The molecule has 0 aliphatic carbocycles. The number of likely N-dealkylation sites (tertiary alicyclic amines) is 1. The second-order valence-corrected chi connectivity index (χ2v) is 4.66. The van der Waals surface area contributed by atoms with E-state index in [1.807, 2.05) is 0 Å². The molecule has 3 heteroatoms. The smallest absolute Gasteiger partial charge is 0.0165 e. The van der Waals surface area contributed by atoms with Crippen LogP contribution in [0.2, 0.25) is 0 Å². The Morgan fingerprint density at radius 2 is 1.93 bits per heavy atom.